The molecule has 3 N–H and O–H groups in total. The number of aromatic nitrogens is 3. The van der Waals surface area contributed by atoms with E-state index in [2.05, 4.69) is 15.0 Å². The number of ether oxygens (including phenoxy) is 2. The van der Waals surface area contributed by atoms with E-state index in [0.29, 0.717) is 0 Å². The molecule has 0 bridgehead atoms. The number of nitrogens with zero attached hydrogens (tertiary/aromatic N) is 3. The maximum Gasteiger partial charge on any atom is 0.344 e. The van der Waals surface area contributed by atoms with E-state index in [1.807, 2.05) is 0 Å². The predicted molar refractivity (Wildman–Crippen MR) is 48.5 cm³/mol. The molecule has 0 aliphatic carbocycles. The van der Waals surface area contributed by atoms with E-state index in [1.54, 1.807) is 0 Å². The lowest BCUT2D eigenvalue weighted by Crippen LogP contribution is -2.24. The molecule has 15 heavy (non-hydrogen) atoms. The standard InChI is InChI=1S/C7H10N4O4/c1-3(4(12)13)15-7-10-5(8)9-6(11-7)14-2/h3H,1-2H3,(H,12,13)(H2,8,9,10,11). The van der Waals surface area contributed by atoms with Crippen molar-refractivity contribution in [3.8, 4) is 12.0 Å². The summed E-state index contributed by atoms with van der Waals surface area (Å²) in [5, 5.41) is 8.58. The summed E-state index contributed by atoms with van der Waals surface area (Å²) in [6.45, 7) is 1.34. The third-order valence-corrected chi connectivity index (χ3v) is 1.42. The molecule has 8 heteroatoms. The van der Waals surface area contributed by atoms with E-state index in [-0.39, 0.29) is 18.0 Å². The van der Waals surface area contributed by atoms with Crippen molar-refractivity contribution in [2.75, 3.05) is 12.8 Å². The van der Waals surface area contributed by atoms with Crippen molar-refractivity contribution < 1.29 is 19.4 Å². The molecule has 0 amide bonds. The number of hydrogen-bond donors (Lipinski definition) is 2. The van der Waals surface area contributed by atoms with Crippen LogP contribution in [0.4, 0.5) is 5.95 Å². The molecule has 8 nitrogen and oxygen atoms in total. The van der Waals surface area contributed by atoms with Crippen molar-refractivity contribution in [3.63, 3.8) is 0 Å². The second kappa shape index (κ2) is 4.40. The van der Waals surface area contributed by atoms with Gasteiger partial charge in [0.25, 0.3) is 0 Å². The van der Waals surface area contributed by atoms with E-state index in [0.717, 1.165) is 0 Å². The molecule has 1 rings (SSSR count). The number of nitrogen functional groups attached to an aromatic ring is 1. The van der Waals surface area contributed by atoms with Crippen LogP contribution in [0.2, 0.25) is 0 Å². The van der Waals surface area contributed by atoms with Crippen LogP contribution >= 0.6 is 0 Å². The zero-order valence-corrected chi connectivity index (χ0v) is 8.17. The molecule has 0 fully saturated rings. The first kappa shape index (κ1) is 11.0. The van der Waals surface area contributed by atoms with Gasteiger partial charge in [-0.05, 0) is 6.92 Å². The average molecular weight is 214 g/mol. The summed E-state index contributed by atoms with van der Waals surface area (Å²) in [4.78, 5) is 21.4. The minimum Gasteiger partial charge on any atom is -0.479 e. The Kier molecular flexibility index (Phi) is 3.21. The summed E-state index contributed by atoms with van der Waals surface area (Å²) in [7, 11) is 1.35. The molecule has 0 saturated carbocycles. The fourth-order valence-electron chi connectivity index (χ4n) is 0.705. The first-order chi connectivity index (χ1) is 7.02. The highest BCUT2D eigenvalue weighted by atomic mass is 16.5. The van der Waals surface area contributed by atoms with Crippen LogP contribution in [0.15, 0.2) is 0 Å². The molecule has 1 unspecified atom stereocenters. The van der Waals surface area contributed by atoms with Gasteiger partial charge in [0.1, 0.15) is 0 Å². The minimum absolute atomic E-state index is 0.0323. The summed E-state index contributed by atoms with van der Waals surface area (Å²) in [6.07, 6.45) is -1.07. The fourth-order valence-corrected chi connectivity index (χ4v) is 0.705. The van der Waals surface area contributed by atoms with Crippen molar-refractivity contribution in [3.05, 3.63) is 0 Å². The molecular weight excluding hydrogens is 204 g/mol. The number of rotatable bonds is 4. The Bertz CT molecular complexity index is 370. The summed E-state index contributed by atoms with van der Waals surface area (Å²) in [6, 6.07) is -0.218. The van der Waals surface area contributed by atoms with Crippen LogP contribution in [0.5, 0.6) is 12.0 Å². The first-order valence-electron chi connectivity index (χ1n) is 3.98. The van der Waals surface area contributed by atoms with Gasteiger partial charge in [0.2, 0.25) is 5.95 Å². The third-order valence-electron chi connectivity index (χ3n) is 1.42. The normalized spacial score (nSPS) is 11.9. The highest BCUT2D eigenvalue weighted by Crippen LogP contribution is 2.11. The largest absolute Gasteiger partial charge is 0.479 e. The molecule has 0 spiro atoms. The average Bonchev–Trinajstić information content (AvgIpc) is 2.16. The van der Waals surface area contributed by atoms with Gasteiger partial charge in [-0.2, -0.15) is 9.97 Å². The van der Waals surface area contributed by atoms with Crippen LogP contribution in [0.1, 0.15) is 6.92 Å². The van der Waals surface area contributed by atoms with Gasteiger partial charge in [-0.15, -0.1) is 4.98 Å². The van der Waals surface area contributed by atoms with Crippen LogP contribution in [0.3, 0.4) is 0 Å². The number of carboxylic acids is 1. The lowest BCUT2D eigenvalue weighted by atomic mass is 10.4. The van der Waals surface area contributed by atoms with Crippen molar-refractivity contribution in [1.29, 1.82) is 0 Å². The van der Waals surface area contributed by atoms with Crippen molar-refractivity contribution in [2.24, 2.45) is 0 Å². The molecule has 0 aliphatic heterocycles. The lowest BCUT2D eigenvalue weighted by Gasteiger charge is -2.08. The molecule has 0 saturated heterocycles. The smallest absolute Gasteiger partial charge is 0.344 e. The Morgan fingerprint density at radius 3 is 2.53 bits per heavy atom. The number of anilines is 1. The number of carboxylic acid groups (broad SMARTS) is 1. The van der Waals surface area contributed by atoms with Crippen LogP contribution in [-0.4, -0.2) is 39.2 Å². The molecule has 0 aromatic carbocycles. The molecule has 1 aromatic rings. The summed E-state index contributed by atoms with van der Waals surface area (Å²) >= 11 is 0. The van der Waals surface area contributed by atoms with Gasteiger partial charge < -0.3 is 20.3 Å². The van der Waals surface area contributed by atoms with E-state index in [1.165, 1.54) is 14.0 Å². The van der Waals surface area contributed by atoms with Gasteiger partial charge in [0, 0.05) is 0 Å². The second-order valence-electron chi connectivity index (χ2n) is 2.56. The predicted octanol–water partition coefficient (Wildman–Crippen LogP) is -0.686. The van der Waals surface area contributed by atoms with Crippen LogP contribution in [-0.2, 0) is 4.79 Å². The highest BCUT2D eigenvalue weighted by Gasteiger charge is 2.15. The van der Waals surface area contributed by atoms with Crippen LogP contribution < -0.4 is 15.2 Å². The van der Waals surface area contributed by atoms with Gasteiger partial charge in [0.15, 0.2) is 6.10 Å². The van der Waals surface area contributed by atoms with Crippen molar-refractivity contribution >= 4 is 11.9 Å². The monoisotopic (exact) mass is 214 g/mol. The van der Waals surface area contributed by atoms with Gasteiger partial charge in [-0.3, -0.25) is 0 Å². The molecular formula is C7H10N4O4. The fraction of sp³-hybridized carbons (Fsp3) is 0.429. The third kappa shape index (κ3) is 2.93. The van der Waals surface area contributed by atoms with Gasteiger partial charge in [-0.1, -0.05) is 0 Å². The second-order valence-corrected chi connectivity index (χ2v) is 2.56. The maximum atomic E-state index is 10.5. The van der Waals surface area contributed by atoms with Crippen LogP contribution in [0, 0.1) is 0 Å². The maximum absolute atomic E-state index is 10.5. The quantitative estimate of drug-likeness (QED) is 0.675. The molecule has 1 aromatic heterocycles. The van der Waals surface area contributed by atoms with E-state index >= 15 is 0 Å². The summed E-state index contributed by atoms with van der Waals surface area (Å²) < 4.78 is 9.59. The summed E-state index contributed by atoms with van der Waals surface area (Å²) in [5.74, 6) is -1.23. The van der Waals surface area contributed by atoms with E-state index in [9.17, 15) is 4.79 Å². The Labute approximate surface area is 85.1 Å². The topological polar surface area (TPSA) is 120 Å². The van der Waals surface area contributed by atoms with Crippen molar-refractivity contribution in [2.45, 2.75) is 13.0 Å². The lowest BCUT2D eigenvalue weighted by molar-refractivity contribution is -0.144. The molecule has 82 valence electrons. The van der Waals surface area contributed by atoms with E-state index < -0.39 is 12.1 Å². The number of hydrogen-bond acceptors (Lipinski definition) is 7. The molecule has 0 radical (unpaired) electrons. The summed E-state index contributed by atoms with van der Waals surface area (Å²) in [5.41, 5.74) is 5.32. The minimum atomic E-state index is -1.13. The van der Waals surface area contributed by atoms with E-state index in [4.69, 9.17) is 20.3 Å². The SMILES string of the molecule is COc1nc(N)nc(OC(C)C(=O)O)n1. The number of methoxy groups -OCH3 is 1. The zero-order valence-electron chi connectivity index (χ0n) is 8.17. The molecule has 0 aliphatic rings. The van der Waals surface area contributed by atoms with Gasteiger partial charge >= 0.3 is 18.0 Å². The zero-order chi connectivity index (χ0) is 11.4. The van der Waals surface area contributed by atoms with Crippen LogP contribution in [0.25, 0.3) is 0 Å². The Hall–Kier alpha value is -2.12. The van der Waals surface area contributed by atoms with Crippen molar-refractivity contribution in [1.82, 2.24) is 15.0 Å². The molecule has 1 atom stereocenters. The number of aliphatic carboxylic acids is 1. The first-order valence-corrected chi connectivity index (χ1v) is 3.98. The Balaban J connectivity index is 2.85. The Morgan fingerprint density at radius 2 is 2.00 bits per heavy atom. The van der Waals surface area contributed by atoms with Gasteiger partial charge in [-0.25, -0.2) is 4.79 Å². The van der Waals surface area contributed by atoms with Gasteiger partial charge in [0.05, 0.1) is 7.11 Å². The number of nitrogens with two attached hydrogens (primary N) is 1. The Morgan fingerprint density at radius 1 is 1.40 bits per heavy atom. The molecule has 1 heterocycles. The highest BCUT2D eigenvalue weighted by molar-refractivity contribution is 5.72. The number of carbonyl (C=O) groups is 1.